The average molecular weight is 252 g/mol. The molecule has 102 valence electrons. The quantitative estimate of drug-likeness (QED) is 0.877. The normalized spacial score (nSPS) is 17.4. The van der Waals surface area contributed by atoms with E-state index >= 15 is 0 Å². The first-order chi connectivity index (χ1) is 8.68. The first-order valence-electron chi connectivity index (χ1n) is 6.47. The minimum Gasteiger partial charge on any atom is -0.348 e. The van der Waals surface area contributed by atoms with Gasteiger partial charge in [0.25, 0.3) is 5.91 Å². The van der Waals surface area contributed by atoms with Crippen LogP contribution < -0.4 is 0 Å². The topological polar surface area (TPSA) is 61.4 Å². The van der Waals surface area contributed by atoms with Gasteiger partial charge in [-0.15, -0.1) is 0 Å². The van der Waals surface area contributed by atoms with Gasteiger partial charge in [-0.25, -0.2) is 4.98 Å². The molecular weight excluding hydrogens is 228 g/mol. The Hall–Kier alpha value is -1.65. The number of amides is 1. The van der Waals surface area contributed by atoms with Crippen LogP contribution in [0, 0.1) is 0 Å². The number of aromatic amines is 1. The van der Waals surface area contributed by atoms with Crippen LogP contribution >= 0.6 is 0 Å². The summed E-state index contributed by atoms with van der Waals surface area (Å²) in [5.41, 5.74) is 0.940. The highest BCUT2D eigenvalue weighted by Gasteiger charge is 2.29. The molecule has 1 aliphatic heterocycles. The van der Waals surface area contributed by atoms with Crippen molar-refractivity contribution < 1.29 is 4.79 Å². The maximum atomic E-state index is 11.6. The summed E-state index contributed by atoms with van der Waals surface area (Å²) < 4.78 is 0. The van der Waals surface area contributed by atoms with Crippen LogP contribution in [0.1, 0.15) is 40.3 Å². The highest BCUT2D eigenvalue weighted by molar-refractivity contribution is 6.04. The summed E-state index contributed by atoms with van der Waals surface area (Å²) in [4.78, 5) is 24.3. The van der Waals surface area contributed by atoms with Crippen LogP contribution in [0.4, 0.5) is 0 Å². The monoisotopic (exact) mass is 252 g/mol. The Morgan fingerprint density at radius 1 is 1.33 bits per heavy atom. The molecule has 1 aromatic heterocycles. The Bertz CT molecular complexity index is 370. The minimum absolute atomic E-state index is 0.0529. The van der Waals surface area contributed by atoms with E-state index in [2.05, 4.69) is 15.0 Å². The van der Waals surface area contributed by atoms with Crippen LogP contribution in [-0.4, -0.2) is 39.7 Å². The second-order valence-electron chi connectivity index (χ2n) is 3.37. The van der Waals surface area contributed by atoms with Gasteiger partial charge < -0.3 is 9.88 Å². The van der Waals surface area contributed by atoms with Gasteiger partial charge >= 0.3 is 0 Å². The number of aliphatic imine (C=N–C) groups is 1. The van der Waals surface area contributed by atoms with Gasteiger partial charge in [-0.05, 0) is 6.92 Å². The van der Waals surface area contributed by atoms with E-state index in [4.69, 9.17) is 0 Å². The second kappa shape index (κ2) is 8.44. The lowest BCUT2D eigenvalue weighted by atomic mass is 10.2. The summed E-state index contributed by atoms with van der Waals surface area (Å²) in [6.07, 6.45) is 3.92. The zero-order chi connectivity index (χ0) is 14.1. The molecule has 0 bridgehead atoms. The van der Waals surface area contributed by atoms with Gasteiger partial charge in [-0.3, -0.25) is 9.79 Å². The van der Waals surface area contributed by atoms with Gasteiger partial charge in [0.15, 0.2) is 0 Å². The molecule has 0 aromatic carbocycles. The number of carbonyl (C=O) groups excluding carboxylic acids is 1. The Balaban J connectivity index is 0.000000659. The highest BCUT2D eigenvalue weighted by atomic mass is 16.2. The molecule has 1 N–H and O–H groups in total. The maximum Gasteiger partial charge on any atom is 0.252 e. The number of nitrogens with zero attached hydrogens (tertiary/aromatic N) is 3. The smallest absolute Gasteiger partial charge is 0.252 e. The van der Waals surface area contributed by atoms with Gasteiger partial charge in [0.05, 0.1) is 6.33 Å². The fourth-order valence-corrected chi connectivity index (χ4v) is 1.49. The number of rotatable bonds is 2. The van der Waals surface area contributed by atoms with E-state index in [0.29, 0.717) is 6.42 Å². The van der Waals surface area contributed by atoms with Gasteiger partial charge in [-0.2, -0.15) is 0 Å². The summed E-state index contributed by atoms with van der Waals surface area (Å²) in [5.74, 6) is 0.830. The van der Waals surface area contributed by atoms with Crippen molar-refractivity contribution in [1.29, 1.82) is 0 Å². The minimum atomic E-state index is -0.277. The average Bonchev–Trinajstić information content (AvgIpc) is 3.00. The van der Waals surface area contributed by atoms with Crippen LogP contribution in [0.15, 0.2) is 17.5 Å². The largest absolute Gasteiger partial charge is 0.348 e. The van der Waals surface area contributed by atoms with Crippen molar-refractivity contribution in [3.8, 4) is 0 Å². The Morgan fingerprint density at radius 3 is 2.33 bits per heavy atom. The second-order valence-corrected chi connectivity index (χ2v) is 3.37. The number of nitrogens with one attached hydrogen (secondary N) is 1. The molecule has 1 unspecified atom stereocenters. The number of aromatic nitrogens is 2. The molecule has 0 fully saturated rings. The van der Waals surface area contributed by atoms with Crippen molar-refractivity contribution in [3.05, 3.63) is 18.2 Å². The van der Waals surface area contributed by atoms with Crippen molar-refractivity contribution in [3.63, 3.8) is 0 Å². The van der Waals surface area contributed by atoms with Crippen molar-refractivity contribution in [2.75, 3.05) is 7.05 Å². The molecule has 1 atom stereocenters. The van der Waals surface area contributed by atoms with Crippen LogP contribution in [0.3, 0.4) is 0 Å². The number of hydrogen-bond acceptors (Lipinski definition) is 3. The van der Waals surface area contributed by atoms with Gasteiger partial charge in [0.1, 0.15) is 11.9 Å². The summed E-state index contributed by atoms with van der Waals surface area (Å²) in [6.45, 7) is 9.84. The lowest BCUT2D eigenvalue weighted by Gasteiger charge is -2.09. The van der Waals surface area contributed by atoms with Crippen LogP contribution in [-0.2, 0) is 11.2 Å². The van der Waals surface area contributed by atoms with E-state index in [-0.39, 0.29) is 11.9 Å². The highest BCUT2D eigenvalue weighted by Crippen LogP contribution is 2.12. The molecule has 2 heterocycles. The van der Waals surface area contributed by atoms with Crippen molar-refractivity contribution in [2.45, 2.75) is 47.1 Å². The van der Waals surface area contributed by atoms with Crippen molar-refractivity contribution >= 4 is 11.7 Å². The van der Waals surface area contributed by atoms with E-state index < -0.39 is 0 Å². The summed E-state index contributed by atoms with van der Waals surface area (Å²) in [5, 5.41) is 0. The molecule has 18 heavy (non-hydrogen) atoms. The van der Waals surface area contributed by atoms with E-state index in [0.717, 1.165) is 11.5 Å². The number of H-pyrrole nitrogens is 1. The van der Waals surface area contributed by atoms with Gasteiger partial charge in [0, 0.05) is 25.4 Å². The molecule has 0 saturated heterocycles. The molecule has 0 radical (unpaired) electrons. The lowest BCUT2D eigenvalue weighted by molar-refractivity contribution is -0.126. The third-order valence-electron chi connectivity index (χ3n) is 2.41. The van der Waals surface area contributed by atoms with E-state index in [1.807, 2.05) is 34.6 Å². The first-order valence-corrected chi connectivity index (χ1v) is 6.47. The fraction of sp³-hybridized carbons (Fsp3) is 0.615. The van der Waals surface area contributed by atoms with E-state index in [9.17, 15) is 4.79 Å². The van der Waals surface area contributed by atoms with E-state index in [1.54, 1.807) is 24.5 Å². The molecule has 2 rings (SSSR count). The molecule has 5 nitrogen and oxygen atoms in total. The predicted molar refractivity (Wildman–Crippen MR) is 74.7 cm³/mol. The molecule has 1 aromatic rings. The lowest BCUT2D eigenvalue weighted by Crippen LogP contribution is -2.31. The Morgan fingerprint density at radius 2 is 1.94 bits per heavy atom. The van der Waals surface area contributed by atoms with Crippen molar-refractivity contribution in [1.82, 2.24) is 14.9 Å². The zero-order valence-corrected chi connectivity index (χ0v) is 12.2. The fourth-order valence-electron chi connectivity index (χ4n) is 1.49. The molecule has 0 aliphatic carbocycles. The SMILES string of the molecule is CC.CC.CC1=NC(Cc2cnc[nH]2)C(=O)N1C. The maximum absolute atomic E-state index is 11.6. The molecule has 1 aliphatic rings. The van der Waals surface area contributed by atoms with Crippen molar-refractivity contribution in [2.24, 2.45) is 4.99 Å². The van der Waals surface area contributed by atoms with Crippen LogP contribution in [0.2, 0.25) is 0 Å². The number of hydrogen-bond donors (Lipinski definition) is 1. The predicted octanol–water partition coefficient (Wildman–Crippen LogP) is 2.26. The first kappa shape index (κ1) is 16.4. The van der Waals surface area contributed by atoms with Gasteiger partial charge in [0.2, 0.25) is 0 Å². The Kier molecular flexibility index (Phi) is 7.67. The Labute approximate surface area is 109 Å². The third-order valence-corrected chi connectivity index (χ3v) is 2.41. The number of likely N-dealkylation sites (N-methyl/N-ethyl adjacent to an activating group) is 1. The number of carbonyl (C=O) groups is 1. The summed E-state index contributed by atoms with van der Waals surface area (Å²) in [6, 6.07) is -0.277. The molecule has 0 spiro atoms. The number of imidazole rings is 1. The third kappa shape index (κ3) is 3.98. The standard InChI is InChI=1S/C9H12N4O.2C2H6/c1-6-12-8(9(14)13(6)2)3-7-4-10-5-11-7;2*1-2/h4-5,8H,3H2,1-2H3,(H,10,11);2*1-2H3. The summed E-state index contributed by atoms with van der Waals surface area (Å²) >= 11 is 0. The summed E-state index contributed by atoms with van der Waals surface area (Å²) in [7, 11) is 1.74. The number of amidine groups is 1. The van der Waals surface area contributed by atoms with Crippen LogP contribution in [0.25, 0.3) is 0 Å². The molecule has 1 amide bonds. The molecular formula is C13H24N4O. The molecule has 5 heteroatoms. The van der Waals surface area contributed by atoms with Gasteiger partial charge in [-0.1, -0.05) is 27.7 Å². The van der Waals surface area contributed by atoms with Crippen LogP contribution in [0.5, 0.6) is 0 Å². The zero-order valence-electron chi connectivity index (χ0n) is 12.2. The molecule has 0 saturated carbocycles. The van der Waals surface area contributed by atoms with E-state index in [1.165, 1.54) is 0 Å².